The number of thiazole rings is 1. The molecule has 0 atom stereocenters. The van der Waals surface area contributed by atoms with Crippen molar-refractivity contribution in [1.82, 2.24) is 10.3 Å². The fraction of sp³-hybridized carbons (Fsp3) is 0.556. The largest absolute Gasteiger partial charge is 0.351 e. The van der Waals surface area contributed by atoms with Gasteiger partial charge in [-0.3, -0.25) is 4.79 Å². The number of amides is 1. The van der Waals surface area contributed by atoms with Crippen LogP contribution in [0.3, 0.4) is 0 Å². The summed E-state index contributed by atoms with van der Waals surface area (Å²) in [7, 11) is 0. The quantitative estimate of drug-likeness (QED) is 0.790. The van der Waals surface area contributed by atoms with Gasteiger partial charge in [0.2, 0.25) is 0 Å². The maximum Gasteiger partial charge on any atom is 0.261 e. The van der Waals surface area contributed by atoms with E-state index in [1.54, 1.807) is 11.3 Å². The van der Waals surface area contributed by atoms with Crippen molar-refractivity contribution in [2.45, 2.75) is 58.8 Å². The molecule has 5 heteroatoms. The molecule has 0 saturated carbocycles. The Morgan fingerprint density at radius 3 is 2.87 bits per heavy atom. The van der Waals surface area contributed by atoms with Crippen LogP contribution in [0.1, 0.15) is 61.9 Å². The van der Waals surface area contributed by atoms with Crippen LogP contribution in [0.25, 0.3) is 0 Å². The zero-order valence-corrected chi connectivity index (χ0v) is 15.5. The Morgan fingerprint density at radius 1 is 1.30 bits per heavy atom. The van der Waals surface area contributed by atoms with E-state index in [1.807, 2.05) is 17.4 Å². The van der Waals surface area contributed by atoms with Crippen LogP contribution in [0.15, 0.2) is 6.07 Å². The minimum absolute atomic E-state index is 0.0660. The van der Waals surface area contributed by atoms with Crippen LogP contribution in [0, 0.1) is 6.92 Å². The summed E-state index contributed by atoms with van der Waals surface area (Å²) in [6.07, 6.45) is 7.88. The second-order valence-electron chi connectivity index (χ2n) is 6.09. The van der Waals surface area contributed by atoms with E-state index in [9.17, 15) is 4.79 Å². The van der Waals surface area contributed by atoms with E-state index in [4.69, 9.17) is 4.98 Å². The van der Waals surface area contributed by atoms with Crippen molar-refractivity contribution in [2.24, 2.45) is 0 Å². The summed E-state index contributed by atoms with van der Waals surface area (Å²) in [5.74, 6) is 0.0660. The van der Waals surface area contributed by atoms with Crippen molar-refractivity contribution < 1.29 is 4.79 Å². The summed E-state index contributed by atoms with van der Waals surface area (Å²) in [5.41, 5.74) is 2.62. The van der Waals surface area contributed by atoms with E-state index in [-0.39, 0.29) is 5.91 Å². The van der Waals surface area contributed by atoms with Gasteiger partial charge < -0.3 is 5.32 Å². The third kappa shape index (κ3) is 4.01. The highest BCUT2D eigenvalue weighted by Crippen LogP contribution is 2.27. The lowest BCUT2D eigenvalue weighted by Gasteiger charge is -2.06. The minimum Gasteiger partial charge on any atom is -0.351 e. The lowest BCUT2D eigenvalue weighted by atomic mass is 10.0. The van der Waals surface area contributed by atoms with Crippen LogP contribution < -0.4 is 5.32 Å². The van der Waals surface area contributed by atoms with Crippen LogP contribution in [0.4, 0.5) is 0 Å². The molecule has 23 heavy (non-hydrogen) atoms. The van der Waals surface area contributed by atoms with Crippen molar-refractivity contribution in [3.63, 3.8) is 0 Å². The molecule has 0 fully saturated rings. The molecule has 1 aliphatic carbocycles. The standard InChI is InChI=1S/C18H24N2OS2/c1-3-13-11-16(22-12(13)2)18(21)19-10-6-9-17-20-14-7-4-5-8-15(14)23-17/h11H,3-10H2,1-2H3,(H,19,21). The van der Waals surface area contributed by atoms with Crippen LogP contribution in [-0.4, -0.2) is 17.4 Å². The number of carbonyl (C=O) groups is 1. The summed E-state index contributed by atoms with van der Waals surface area (Å²) in [5, 5.41) is 4.29. The second kappa shape index (κ2) is 7.58. The van der Waals surface area contributed by atoms with Gasteiger partial charge in [-0.25, -0.2) is 4.98 Å². The number of aromatic nitrogens is 1. The lowest BCUT2D eigenvalue weighted by molar-refractivity contribution is 0.0957. The number of carbonyl (C=O) groups excluding carboxylic acids is 1. The van der Waals surface area contributed by atoms with Gasteiger partial charge in [0, 0.05) is 22.7 Å². The molecule has 124 valence electrons. The average molecular weight is 349 g/mol. The third-order valence-electron chi connectivity index (χ3n) is 4.37. The Hall–Kier alpha value is -1.20. The molecular formula is C18H24N2OS2. The molecule has 3 nitrogen and oxygen atoms in total. The number of nitrogens with one attached hydrogen (secondary N) is 1. The lowest BCUT2D eigenvalue weighted by Crippen LogP contribution is -2.23. The Balaban J connectivity index is 1.45. The molecule has 0 saturated heterocycles. The molecule has 1 amide bonds. The van der Waals surface area contributed by atoms with Crippen molar-refractivity contribution in [3.8, 4) is 0 Å². The summed E-state index contributed by atoms with van der Waals surface area (Å²) >= 11 is 3.47. The Morgan fingerprint density at radius 2 is 2.13 bits per heavy atom. The maximum absolute atomic E-state index is 12.2. The highest BCUT2D eigenvalue weighted by molar-refractivity contribution is 7.14. The molecule has 2 aromatic rings. The number of thiophene rings is 1. The van der Waals surface area contributed by atoms with Crippen LogP contribution in [0.2, 0.25) is 0 Å². The van der Waals surface area contributed by atoms with Gasteiger partial charge in [-0.15, -0.1) is 22.7 Å². The van der Waals surface area contributed by atoms with Crippen LogP contribution >= 0.6 is 22.7 Å². The Bertz CT molecular complexity index is 664. The second-order valence-corrected chi connectivity index (χ2v) is 8.51. The number of fused-ring (bicyclic) bond motifs is 1. The smallest absolute Gasteiger partial charge is 0.261 e. The number of hydrogen-bond donors (Lipinski definition) is 1. The monoisotopic (exact) mass is 348 g/mol. The Kier molecular flexibility index (Phi) is 5.49. The zero-order chi connectivity index (χ0) is 16.2. The predicted molar refractivity (Wildman–Crippen MR) is 97.8 cm³/mol. The van der Waals surface area contributed by atoms with Crippen molar-refractivity contribution in [3.05, 3.63) is 37.0 Å². The van der Waals surface area contributed by atoms with E-state index >= 15 is 0 Å². The van der Waals surface area contributed by atoms with E-state index in [0.29, 0.717) is 0 Å². The molecule has 0 spiro atoms. The molecule has 0 aromatic carbocycles. The molecular weight excluding hydrogens is 324 g/mol. The molecule has 3 rings (SSSR count). The first-order valence-corrected chi connectivity index (χ1v) is 10.2. The van der Waals surface area contributed by atoms with E-state index in [1.165, 1.54) is 45.3 Å². The van der Waals surface area contributed by atoms with E-state index in [2.05, 4.69) is 19.2 Å². The summed E-state index contributed by atoms with van der Waals surface area (Å²) in [4.78, 5) is 20.5. The first-order valence-electron chi connectivity index (χ1n) is 8.52. The molecule has 0 aliphatic heterocycles. The van der Waals surface area contributed by atoms with Crippen LogP contribution in [0.5, 0.6) is 0 Å². The number of aryl methyl sites for hydroxylation is 5. The molecule has 0 unspecified atom stereocenters. The van der Waals surface area contributed by atoms with Crippen LogP contribution in [-0.2, 0) is 25.7 Å². The van der Waals surface area contributed by atoms with Gasteiger partial charge in [0.1, 0.15) is 0 Å². The fourth-order valence-electron chi connectivity index (χ4n) is 3.02. The fourth-order valence-corrected chi connectivity index (χ4v) is 5.25. The molecule has 1 N–H and O–H groups in total. The van der Waals surface area contributed by atoms with Crippen molar-refractivity contribution in [2.75, 3.05) is 6.54 Å². The molecule has 0 bridgehead atoms. The molecule has 0 radical (unpaired) electrons. The average Bonchev–Trinajstić information content (AvgIpc) is 3.14. The summed E-state index contributed by atoms with van der Waals surface area (Å²) < 4.78 is 0. The topological polar surface area (TPSA) is 42.0 Å². The highest BCUT2D eigenvalue weighted by atomic mass is 32.1. The van der Waals surface area contributed by atoms with Gasteiger partial charge in [0.15, 0.2) is 0 Å². The van der Waals surface area contributed by atoms with Gasteiger partial charge in [-0.2, -0.15) is 0 Å². The van der Waals surface area contributed by atoms with Gasteiger partial charge in [-0.1, -0.05) is 6.92 Å². The normalized spacial score (nSPS) is 13.8. The number of rotatable bonds is 6. The molecule has 2 aromatic heterocycles. The van der Waals surface area contributed by atoms with E-state index < -0.39 is 0 Å². The Labute approximate surface area is 146 Å². The van der Waals surface area contributed by atoms with E-state index in [0.717, 1.165) is 37.1 Å². The molecule has 1 aliphatic rings. The highest BCUT2D eigenvalue weighted by Gasteiger charge is 2.15. The molecule has 2 heterocycles. The van der Waals surface area contributed by atoms with Gasteiger partial charge in [-0.05, 0) is 57.1 Å². The SMILES string of the molecule is CCc1cc(C(=O)NCCCc2nc3c(s2)CCCC3)sc1C. The first-order chi connectivity index (χ1) is 11.2. The third-order valence-corrected chi connectivity index (χ3v) is 6.68. The number of hydrogen-bond acceptors (Lipinski definition) is 4. The van der Waals surface area contributed by atoms with Gasteiger partial charge >= 0.3 is 0 Å². The van der Waals surface area contributed by atoms with Crippen molar-refractivity contribution >= 4 is 28.6 Å². The van der Waals surface area contributed by atoms with Gasteiger partial charge in [0.05, 0.1) is 15.6 Å². The minimum atomic E-state index is 0.0660. The van der Waals surface area contributed by atoms with Crippen molar-refractivity contribution in [1.29, 1.82) is 0 Å². The predicted octanol–water partition coefficient (Wildman–Crippen LogP) is 4.32. The first kappa shape index (κ1) is 16.7. The van der Waals surface area contributed by atoms with Gasteiger partial charge in [0.25, 0.3) is 5.91 Å². The summed E-state index contributed by atoms with van der Waals surface area (Å²) in [6, 6.07) is 2.03. The zero-order valence-electron chi connectivity index (χ0n) is 13.9. The number of nitrogens with zero attached hydrogens (tertiary/aromatic N) is 1. The summed E-state index contributed by atoms with van der Waals surface area (Å²) in [6.45, 7) is 4.94. The maximum atomic E-state index is 12.2.